The molecule has 7 heteroatoms. The first-order valence-corrected chi connectivity index (χ1v) is 13.7. The van der Waals surface area contributed by atoms with Crippen molar-refractivity contribution in [3.05, 3.63) is 105 Å². The molecule has 3 atom stereocenters. The average Bonchev–Trinajstić information content (AvgIpc) is 3.62. The molecule has 1 saturated carbocycles. The fourth-order valence-corrected chi connectivity index (χ4v) is 6.33. The van der Waals surface area contributed by atoms with Crippen LogP contribution >= 0.6 is 0 Å². The molecule has 6 nitrogen and oxygen atoms in total. The van der Waals surface area contributed by atoms with Gasteiger partial charge in [-0.05, 0) is 102 Å². The fraction of sp³-hybridized carbons (Fsp3) is 0.303. The average molecular weight is 538 g/mol. The number of pyridine rings is 2. The maximum absolute atomic E-state index is 15.3. The summed E-state index contributed by atoms with van der Waals surface area (Å²) in [5, 5.41) is 12.6. The highest BCUT2D eigenvalue weighted by molar-refractivity contribution is 5.79. The van der Waals surface area contributed by atoms with Gasteiger partial charge in [0.2, 0.25) is 5.56 Å². The maximum atomic E-state index is 15.3. The lowest BCUT2D eigenvalue weighted by atomic mass is 9.87. The van der Waals surface area contributed by atoms with E-state index < -0.39 is 5.97 Å². The summed E-state index contributed by atoms with van der Waals surface area (Å²) in [4.78, 5) is 27.5. The number of carboxylic acid groups (broad SMARTS) is 1. The Kier molecular flexibility index (Phi) is 6.53. The number of hydrogen-bond donors (Lipinski definition) is 2. The van der Waals surface area contributed by atoms with Gasteiger partial charge in [0.1, 0.15) is 5.82 Å². The molecule has 204 valence electrons. The number of aryl methyl sites for hydroxylation is 3. The van der Waals surface area contributed by atoms with Crippen LogP contribution in [0.2, 0.25) is 0 Å². The largest absolute Gasteiger partial charge is 0.481 e. The maximum Gasteiger partial charge on any atom is 0.307 e. The zero-order valence-electron chi connectivity index (χ0n) is 22.9. The van der Waals surface area contributed by atoms with Crippen molar-refractivity contribution in [2.24, 2.45) is 13.0 Å². The minimum absolute atomic E-state index is 0.00292. The molecule has 2 aliphatic rings. The van der Waals surface area contributed by atoms with Crippen molar-refractivity contribution in [2.45, 2.75) is 44.9 Å². The Morgan fingerprint density at radius 1 is 1.10 bits per heavy atom. The van der Waals surface area contributed by atoms with Gasteiger partial charge in [-0.25, -0.2) is 4.39 Å². The lowest BCUT2D eigenvalue weighted by molar-refractivity contribution is -0.138. The number of rotatable bonds is 7. The smallest absolute Gasteiger partial charge is 0.307 e. The van der Waals surface area contributed by atoms with Crippen molar-refractivity contribution in [2.75, 3.05) is 11.9 Å². The topological polar surface area (TPSA) is 84.2 Å². The number of hydrogen-bond acceptors (Lipinski definition) is 4. The van der Waals surface area contributed by atoms with E-state index >= 15 is 4.39 Å². The van der Waals surface area contributed by atoms with E-state index in [4.69, 9.17) is 5.11 Å². The first-order chi connectivity index (χ1) is 19.2. The summed E-state index contributed by atoms with van der Waals surface area (Å²) in [6.07, 6.45) is 5.91. The highest BCUT2D eigenvalue weighted by atomic mass is 19.1. The molecule has 1 unspecified atom stereocenters. The van der Waals surface area contributed by atoms with Crippen LogP contribution in [0.25, 0.3) is 22.3 Å². The minimum atomic E-state index is -0.763. The van der Waals surface area contributed by atoms with E-state index in [1.807, 2.05) is 30.5 Å². The molecule has 0 bridgehead atoms. The number of fused-ring (bicyclic) bond motifs is 1. The Morgan fingerprint density at radius 3 is 2.52 bits per heavy atom. The molecule has 0 spiro atoms. The molecule has 2 aromatic heterocycles. The highest BCUT2D eigenvalue weighted by Crippen LogP contribution is 2.47. The Hall–Kier alpha value is -4.26. The quantitative estimate of drug-likeness (QED) is 0.293. The highest BCUT2D eigenvalue weighted by Gasteiger charge is 2.45. The number of nitrogens with one attached hydrogen (secondary N) is 1. The molecule has 6 rings (SSSR count). The fourth-order valence-electron chi connectivity index (χ4n) is 6.33. The number of carboxylic acids is 1. The number of halogens is 1. The van der Waals surface area contributed by atoms with Crippen LogP contribution in [0.1, 0.15) is 52.6 Å². The molecule has 0 aliphatic heterocycles. The predicted molar refractivity (Wildman–Crippen MR) is 154 cm³/mol. The molecule has 0 saturated heterocycles. The summed E-state index contributed by atoms with van der Waals surface area (Å²) in [5.74, 6) is -1.21. The monoisotopic (exact) mass is 537 g/mol. The van der Waals surface area contributed by atoms with Gasteiger partial charge in [0.25, 0.3) is 0 Å². The molecular formula is C33H32FN3O3. The van der Waals surface area contributed by atoms with E-state index in [0.29, 0.717) is 13.0 Å². The second-order valence-electron chi connectivity index (χ2n) is 11.2. The van der Waals surface area contributed by atoms with Gasteiger partial charge in [-0.3, -0.25) is 14.6 Å². The van der Waals surface area contributed by atoms with Gasteiger partial charge in [0.15, 0.2) is 0 Å². The Morgan fingerprint density at radius 2 is 1.88 bits per heavy atom. The zero-order valence-corrected chi connectivity index (χ0v) is 22.9. The molecule has 40 heavy (non-hydrogen) atoms. The van der Waals surface area contributed by atoms with Gasteiger partial charge in [-0.15, -0.1) is 0 Å². The van der Waals surface area contributed by atoms with Crippen molar-refractivity contribution < 1.29 is 14.3 Å². The Labute approximate surface area is 232 Å². The summed E-state index contributed by atoms with van der Waals surface area (Å²) in [7, 11) is 1.75. The number of nitrogens with zero attached hydrogens (tertiary/aromatic N) is 2. The molecule has 0 radical (unpaired) electrons. The van der Waals surface area contributed by atoms with E-state index in [1.54, 1.807) is 29.9 Å². The third kappa shape index (κ3) is 4.70. The summed E-state index contributed by atoms with van der Waals surface area (Å²) in [6, 6.07) is 15.0. The summed E-state index contributed by atoms with van der Waals surface area (Å²) in [5.41, 5.74) is 9.98. The van der Waals surface area contributed by atoms with Crippen molar-refractivity contribution in [3.63, 3.8) is 0 Å². The SMILES string of the molecule is Cc1cc(-c2ccc(=O)n(C)c2)cc(C)c1-c1ccc(F)c2c1CCC2CNc1ccc([C@H]2C[C@@H]2C(=O)O)nc1. The summed E-state index contributed by atoms with van der Waals surface area (Å²) < 4.78 is 16.8. The molecule has 0 amide bonds. The van der Waals surface area contributed by atoms with Crippen LogP contribution in [0.15, 0.2) is 65.7 Å². The van der Waals surface area contributed by atoms with Crippen LogP contribution in [0.4, 0.5) is 10.1 Å². The van der Waals surface area contributed by atoms with Gasteiger partial charge in [-0.2, -0.15) is 0 Å². The van der Waals surface area contributed by atoms with E-state index in [-0.39, 0.29) is 29.1 Å². The molecule has 2 heterocycles. The van der Waals surface area contributed by atoms with E-state index in [9.17, 15) is 9.59 Å². The molecular weight excluding hydrogens is 505 g/mol. The van der Waals surface area contributed by atoms with Crippen LogP contribution in [-0.4, -0.2) is 27.2 Å². The minimum Gasteiger partial charge on any atom is -0.481 e. The Bertz CT molecular complexity index is 1670. The first kappa shape index (κ1) is 26.0. The zero-order chi connectivity index (χ0) is 28.1. The van der Waals surface area contributed by atoms with Crippen molar-refractivity contribution in [1.82, 2.24) is 9.55 Å². The lowest BCUT2D eigenvalue weighted by Crippen LogP contribution is -2.13. The van der Waals surface area contributed by atoms with E-state index in [2.05, 4.69) is 36.3 Å². The molecule has 4 aromatic rings. The normalized spacial score (nSPS) is 19.4. The van der Waals surface area contributed by atoms with Crippen LogP contribution < -0.4 is 10.9 Å². The number of anilines is 1. The van der Waals surface area contributed by atoms with E-state index in [0.717, 1.165) is 68.7 Å². The van der Waals surface area contributed by atoms with Gasteiger partial charge in [-0.1, -0.05) is 18.2 Å². The lowest BCUT2D eigenvalue weighted by Gasteiger charge is -2.19. The van der Waals surface area contributed by atoms with Gasteiger partial charge < -0.3 is 15.0 Å². The van der Waals surface area contributed by atoms with Crippen LogP contribution in [0, 0.1) is 25.6 Å². The predicted octanol–water partition coefficient (Wildman–Crippen LogP) is 6.20. The number of aromatic nitrogens is 2. The third-order valence-corrected chi connectivity index (χ3v) is 8.50. The molecule has 1 fully saturated rings. The molecule has 2 N–H and O–H groups in total. The van der Waals surface area contributed by atoms with Crippen molar-refractivity contribution in [3.8, 4) is 22.3 Å². The first-order valence-electron chi connectivity index (χ1n) is 13.7. The van der Waals surface area contributed by atoms with Gasteiger partial charge in [0, 0.05) is 43.4 Å². The van der Waals surface area contributed by atoms with Gasteiger partial charge in [0.05, 0.1) is 17.8 Å². The van der Waals surface area contributed by atoms with Crippen LogP contribution in [-0.2, 0) is 18.3 Å². The second kappa shape index (κ2) is 10.0. The van der Waals surface area contributed by atoms with Crippen molar-refractivity contribution >= 4 is 11.7 Å². The number of benzene rings is 2. The third-order valence-electron chi connectivity index (χ3n) is 8.50. The number of carbonyl (C=O) groups is 1. The number of aliphatic carboxylic acids is 1. The Balaban J connectivity index is 1.23. The molecule has 2 aliphatic carbocycles. The standard InChI is InChI=1S/C33H32FN3O3/c1-18-12-22(21-5-11-30(38)37(3)17-21)13-19(2)31(18)24-8-9-28(34)32-20(4-7-25(24)32)15-35-23-6-10-29(36-16-23)26-14-27(26)33(39)40/h5-6,8-13,16-17,20,26-27,35H,4,7,14-15H2,1-3H3,(H,39,40)/t20?,26-,27-/m0/s1. The van der Waals surface area contributed by atoms with E-state index in [1.165, 1.54) is 0 Å². The van der Waals surface area contributed by atoms with Crippen LogP contribution in [0.3, 0.4) is 0 Å². The van der Waals surface area contributed by atoms with Gasteiger partial charge >= 0.3 is 5.97 Å². The van der Waals surface area contributed by atoms with Crippen LogP contribution in [0.5, 0.6) is 0 Å². The molecule has 2 aromatic carbocycles. The van der Waals surface area contributed by atoms with Crippen molar-refractivity contribution in [1.29, 1.82) is 0 Å². The second-order valence-corrected chi connectivity index (χ2v) is 11.2. The summed E-state index contributed by atoms with van der Waals surface area (Å²) in [6.45, 7) is 4.78. The summed E-state index contributed by atoms with van der Waals surface area (Å²) >= 11 is 0.